The molecule has 8 nitrogen and oxygen atoms in total. The quantitative estimate of drug-likeness (QED) is 0.750. The molecule has 1 N–H and O–H groups in total. The Kier molecular flexibility index (Phi) is 6.72. The van der Waals surface area contributed by atoms with E-state index < -0.39 is 23.9 Å². The third kappa shape index (κ3) is 5.19. The second-order valence-corrected chi connectivity index (χ2v) is 5.69. The molecule has 1 aromatic carbocycles. The Balaban J connectivity index is 2.07. The van der Waals surface area contributed by atoms with Gasteiger partial charge in [-0.05, 0) is 31.2 Å². The van der Waals surface area contributed by atoms with E-state index in [1.807, 2.05) is 6.07 Å². The van der Waals surface area contributed by atoms with Crippen molar-refractivity contribution in [1.29, 1.82) is 5.26 Å². The zero-order chi connectivity index (χ0) is 19.8. The van der Waals surface area contributed by atoms with Crippen molar-refractivity contribution < 1.29 is 23.5 Å². The summed E-state index contributed by atoms with van der Waals surface area (Å²) in [4.78, 5) is 38.1. The molecule has 0 fully saturated rings. The van der Waals surface area contributed by atoms with Crippen LogP contribution in [0.3, 0.4) is 0 Å². The summed E-state index contributed by atoms with van der Waals surface area (Å²) in [7, 11) is 1.53. The summed E-state index contributed by atoms with van der Waals surface area (Å²) in [5, 5.41) is 11.2. The number of nitrogens with zero attached hydrogens (tertiary/aromatic N) is 2. The lowest BCUT2D eigenvalue weighted by Gasteiger charge is -2.21. The molecule has 140 valence electrons. The Morgan fingerprint density at radius 1 is 1.26 bits per heavy atom. The number of ether oxygens (including phenoxy) is 1. The summed E-state index contributed by atoms with van der Waals surface area (Å²) in [6.07, 6.45) is 0.519. The van der Waals surface area contributed by atoms with E-state index in [1.54, 1.807) is 24.3 Å². The van der Waals surface area contributed by atoms with Gasteiger partial charge in [0.2, 0.25) is 0 Å². The first-order chi connectivity index (χ1) is 12.9. The number of rotatable bonds is 7. The van der Waals surface area contributed by atoms with Crippen LogP contribution in [-0.4, -0.2) is 42.4 Å². The van der Waals surface area contributed by atoms with Crippen molar-refractivity contribution in [2.75, 3.05) is 18.9 Å². The highest BCUT2D eigenvalue weighted by Crippen LogP contribution is 2.18. The van der Waals surface area contributed by atoms with Gasteiger partial charge in [0, 0.05) is 13.6 Å². The van der Waals surface area contributed by atoms with E-state index in [0.29, 0.717) is 0 Å². The van der Waals surface area contributed by atoms with Crippen LogP contribution in [0.4, 0.5) is 5.69 Å². The third-order valence-electron chi connectivity index (χ3n) is 3.71. The van der Waals surface area contributed by atoms with Crippen molar-refractivity contribution in [2.45, 2.75) is 19.4 Å². The normalized spacial score (nSPS) is 11.1. The van der Waals surface area contributed by atoms with Crippen molar-refractivity contribution >= 4 is 23.5 Å². The molecule has 1 aromatic heterocycles. The van der Waals surface area contributed by atoms with Crippen LogP contribution >= 0.6 is 0 Å². The van der Waals surface area contributed by atoms with Crippen LogP contribution in [0.15, 0.2) is 47.1 Å². The van der Waals surface area contributed by atoms with Crippen molar-refractivity contribution in [2.24, 2.45) is 0 Å². The molecule has 0 aliphatic carbocycles. The zero-order valence-corrected chi connectivity index (χ0v) is 15.0. The third-order valence-corrected chi connectivity index (χ3v) is 3.71. The maximum Gasteiger partial charge on any atom is 0.341 e. The van der Waals surface area contributed by atoms with Gasteiger partial charge in [0.1, 0.15) is 0 Å². The molecule has 0 radical (unpaired) electrons. The van der Waals surface area contributed by atoms with Crippen LogP contribution in [0, 0.1) is 11.3 Å². The fraction of sp³-hybridized carbons (Fsp3) is 0.263. The fourth-order valence-electron chi connectivity index (χ4n) is 2.27. The highest BCUT2D eigenvalue weighted by Gasteiger charge is 2.24. The molecule has 0 saturated heterocycles. The standard InChI is InChI=1S/C19H19N3O5/c1-13(18(24)22(2)11-6-10-20)27-19(25)14-7-3-4-8-15(14)21-17(23)16-9-5-12-26-16/h3-5,7-9,12-13H,6,11H2,1-2H3,(H,21,23)/t13-/m1/s1. The first-order valence-corrected chi connectivity index (χ1v) is 8.20. The number of esters is 1. The molecular weight excluding hydrogens is 350 g/mol. The zero-order valence-electron chi connectivity index (χ0n) is 15.0. The lowest BCUT2D eigenvalue weighted by Crippen LogP contribution is -2.38. The Bertz CT molecular complexity index is 854. The van der Waals surface area contributed by atoms with E-state index in [4.69, 9.17) is 14.4 Å². The minimum absolute atomic E-state index is 0.0980. The van der Waals surface area contributed by atoms with Gasteiger partial charge >= 0.3 is 5.97 Å². The molecule has 27 heavy (non-hydrogen) atoms. The number of hydrogen-bond donors (Lipinski definition) is 1. The number of amides is 2. The topological polar surface area (TPSA) is 113 Å². The summed E-state index contributed by atoms with van der Waals surface area (Å²) >= 11 is 0. The minimum atomic E-state index is -1.03. The Morgan fingerprint density at radius 2 is 2.00 bits per heavy atom. The van der Waals surface area contributed by atoms with E-state index in [2.05, 4.69) is 5.32 Å². The smallest absolute Gasteiger partial charge is 0.341 e. The number of furan rings is 1. The van der Waals surface area contributed by atoms with Crippen molar-refractivity contribution in [3.63, 3.8) is 0 Å². The summed E-state index contributed by atoms with van der Waals surface area (Å²) in [6.45, 7) is 1.69. The van der Waals surface area contributed by atoms with Gasteiger partial charge in [0.05, 0.1) is 30.0 Å². The van der Waals surface area contributed by atoms with E-state index >= 15 is 0 Å². The van der Waals surface area contributed by atoms with Gasteiger partial charge in [-0.2, -0.15) is 5.26 Å². The molecule has 0 aliphatic heterocycles. The number of benzene rings is 1. The van der Waals surface area contributed by atoms with E-state index in [1.165, 1.54) is 37.3 Å². The molecule has 0 aliphatic rings. The fourth-order valence-corrected chi connectivity index (χ4v) is 2.27. The van der Waals surface area contributed by atoms with Crippen LogP contribution in [-0.2, 0) is 9.53 Å². The lowest BCUT2D eigenvalue weighted by molar-refractivity contribution is -0.138. The van der Waals surface area contributed by atoms with Gasteiger partial charge in [0.15, 0.2) is 11.9 Å². The monoisotopic (exact) mass is 369 g/mol. The number of anilines is 1. The SMILES string of the molecule is C[C@@H](OC(=O)c1ccccc1NC(=O)c1ccco1)C(=O)N(C)CCC#N. The second-order valence-electron chi connectivity index (χ2n) is 5.69. The molecule has 2 aromatic rings. The highest BCUT2D eigenvalue weighted by molar-refractivity contribution is 6.06. The van der Waals surface area contributed by atoms with Crippen molar-refractivity contribution in [3.05, 3.63) is 54.0 Å². The molecule has 1 heterocycles. The molecule has 0 unspecified atom stereocenters. The summed E-state index contributed by atoms with van der Waals surface area (Å²) in [5.41, 5.74) is 0.345. The van der Waals surface area contributed by atoms with Gasteiger partial charge < -0.3 is 19.4 Å². The number of nitrogens with one attached hydrogen (secondary N) is 1. The number of carbonyl (C=O) groups is 3. The van der Waals surface area contributed by atoms with Crippen LogP contribution in [0.2, 0.25) is 0 Å². The van der Waals surface area contributed by atoms with Gasteiger partial charge in [-0.15, -0.1) is 0 Å². The first-order valence-electron chi connectivity index (χ1n) is 8.20. The van der Waals surface area contributed by atoms with E-state index in [9.17, 15) is 14.4 Å². The maximum atomic E-state index is 12.5. The Hall–Kier alpha value is -3.60. The maximum absolute atomic E-state index is 12.5. The van der Waals surface area contributed by atoms with Crippen LogP contribution in [0.1, 0.15) is 34.3 Å². The van der Waals surface area contributed by atoms with Crippen LogP contribution in [0.5, 0.6) is 0 Å². The number of nitriles is 1. The van der Waals surface area contributed by atoms with Gasteiger partial charge in [-0.3, -0.25) is 9.59 Å². The predicted octanol–water partition coefficient (Wildman–Crippen LogP) is 2.45. The number of hydrogen-bond acceptors (Lipinski definition) is 6. The predicted molar refractivity (Wildman–Crippen MR) is 95.8 cm³/mol. The largest absolute Gasteiger partial charge is 0.459 e. The number of carbonyl (C=O) groups excluding carboxylic acids is 3. The molecule has 0 saturated carbocycles. The van der Waals surface area contributed by atoms with Gasteiger partial charge in [-0.25, -0.2) is 4.79 Å². The minimum Gasteiger partial charge on any atom is -0.459 e. The van der Waals surface area contributed by atoms with Crippen molar-refractivity contribution in [1.82, 2.24) is 4.90 Å². The van der Waals surface area contributed by atoms with Crippen LogP contribution in [0.25, 0.3) is 0 Å². The molecular formula is C19H19N3O5. The average molecular weight is 369 g/mol. The Morgan fingerprint density at radius 3 is 2.67 bits per heavy atom. The van der Waals surface area contributed by atoms with Crippen LogP contribution < -0.4 is 5.32 Å². The molecule has 0 bridgehead atoms. The Labute approximate surface area is 156 Å². The van der Waals surface area contributed by atoms with E-state index in [0.717, 1.165) is 0 Å². The van der Waals surface area contributed by atoms with Gasteiger partial charge in [-0.1, -0.05) is 12.1 Å². The molecule has 2 rings (SSSR count). The first kappa shape index (κ1) is 19.7. The summed E-state index contributed by atoms with van der Waals surface area (Å²) in [5.74, 6) is -1.59. The molecule has 1 atom stereocenters. The molecule has 2 amide bonds. The second kappa shape index (κ2) is 9.20. The van der Waals surface area contributed by atoms with E-state index in [-0.39, 0.29) is 30.0 Å². The number of likely N-dealkylation sites (N-methyl/N-ethyl adjacent to an activating group) is 1. The summed E-state index contributed by atoms with van der Waals surface area (Å²) in [6, 6.07) is 11.3. The average Bonchev–Trinajstić information content (AvgIpc) is 3.20. The van der Waals surface area contributed by atoms with Crippen molar-refractivity contribution in [3.8, 4) is 6.07 Å². The highest BCUT2D eigenvalue weighted by atomic mass is 16.5. The molecule has 8 heteroatoms. The summed E-state index contributed by atoms with van der Waals surface area (Å²) < 4.78 is 10.2. The van der Waals surface area contributed by atoms with Gasteiger partial charge in [0.25, 0.3) is 11.8 Å². The number of para-hydroxylation sites is 1. The molecule has 0 spiro atoms. The lowest BCUT2D eigenvalue weighted by atomic mass is 10.1.